The second kappa shape index (κ2) is 14.3. The molecule has 0 aliphatic heterocycles. The fourth-order valence-corrected chi connectivity index (χ4v) is 8.12. The van der Waals surface area contributed by atoms with E-state index in [1.54, 1.807) is 23.6 Å². The minimum absolute atomic E-state index is 0. The van der Waals surface area contributed by atoms with Crippen LogP contribution < -0.4 is 5.19 Å². The number of fused-ring (bicyclic) bond motifs is 3. The van der Waals surface area contributed by atoms with Crippen LogP contribution in [0.15, 0.2) is 116 Å². The van der Waals surface area contributed by atoms with Gasteiger partial charge in [-0.3, -0.25) is 0 Å². The Hall–Kier alpha value is -3.80. The summed E-state index contributed by atoms with van der Waals surface area (Å²) in [7, 11) is -1.46. The van der Waals surface area contributed by atoms with Crippen molar-refractivity contribution in [1.82, 2.24) is 9.97 Å². The molecule has 1 radical (unpaired) electrons. The van der Waals surface area contributed by atoms with Crippen molar-refractivity contribution < 1.29 is 25.9 Å². The molecule has 46 heavy (non-hydrogen) atoms. The largest absolute Gasteiger partial charge is 0.305 e. The minimum Gasteiger partial charge on any atom is -0.305 e. The Morgan fingerprint density at radius 1 is 0.826 bits per heavy atom. The van der Waals surface area contributed by atoms with Gasteiger partial charge in [0.2, 0.25) is 0 Å². The summed E-state index contributed by atoms with van der Waals surface area (Å²) >= 11 is 1.55. The van der Waals surface area contributed by atoms with E-state index in [-0.39, 0.29) is 25.9 Å². The predicted molar refractivity (Wildman–Crippen MR) is 192 cm³/mol. The number of hydrogen-bond donors (Lipinski definition) is 0. The summed E-state index contributed by atoms with van der Waals surface area (Å²) in [6.07, 6.45) is 3.80. The van der Waals surface area contributed by atoms with Gasteiger partial charge in [-0.25, -0.2) is 4.39 Å². The van der Waals surface area contributed by atoms with E-state index in [0.717, 1.165) is 42.9 Å². The molecule has 233 valence electrons. The number of thiophene rings is 1. The van der Waals surface area contributed by atoms with E-state index in [0.29, 0.717) is 5.39 Å². The number of pyridine rings is 2. The van der Waals surface area contributed by atoms with Crippen molar-refractivity contribution >= 4 is 44.8 Å². The summed E-state index contributed by atoms with van der Waals surface area (Å²) < 4.78 is 24.4. The SMILES string of the molecule is C[Si](C)(C)c1cnc(-c2[c-]cccc2)cc1-c1ccccc1.[2H]C(C)(C)c1ccnc(-c2[c-]ccc3c2sc2cccc(F)c23)c1.[Ir]. The molecule has 0 fully saturated rings. The monoisotopic (exact) mass is 816 g/mol. The fourth-order valence-electron chi connectivity index (χ4n) is 5.43. The molecule has 0 saturated carbocycles. The van der Waals surface area contributed by atoms with Crippen LogP contribution in [-0.2, 0) is 20.1 Å². The molecule has 0 unspecified atom stereocenters. The summed E-state index contributed by atoms with van der Waals surface area (Å²) in [6, 6.07) is 40.0. The smallest absolute Gasteiger partial charge is 0.130 e. The fraction of sp³-hybridized carbons (Fsp3) is 0.150. The van der Waals surface area contributed by atoms with Gasteiger partial charge >= 0.3 is 0 Å². The predicted octanol–water partition coefficient (Wildman–Crippen LogP) is 10.9. The van der Waals surface area contributed by atoms with Crippen LogP contribution in [0.2, 0.25) is 19.6 Å². The van der Waals surface area contributed by atoms with Gasteiger partial charge in [0.25, 0.3) is 0 Å². The molecule has 0 aliphatic carbocycles. The molecule has 7 rings (SSSR count). The first-order valence-electron chi connectivity index (χ1n) is 15.5. The summed E-state index contributed by atoms with van der Waals surface area (Å²) in [5.74, 6) is -0.900. The van der Waals surface area contributed by atoms with Crippen LogP contribution in [0, 0.1) is 17.9 Å². The Bertz CT molecular complexity index is 2140. The Morgan fingerprint density at radius 2 is 1.61 bits per heavy atom. The molecule has 3 heterocycles. The molecule has 0 amide bonds. The van der Waals surface area contributed by atoms with Gasteiger partial charge in [0, 0.05) is 44.0 Å². The molecule has 0 aliphatic rings. The summed E-state index contributed by atoms with van der Waals surface area (Å²) in [4.78, 5) is 9.17. The van der Waals surface area contributed by atoms with Crippen molar-refractivity contribution in [3.05, 3.63) is 139 Å². The van der Waals surface area contributed by atoms with E-state index >= 15 is 0 Å². The molecular weight excluding hydrogens is 780 g/mol. The van der Waals surface area contributed by atoms with Crippen molar-refractivity contribution in [3.63, 3.8) is 0 Å². The van der Waals surface area contributed by atoms with E-state index < -0.39 is 14.0 Å². The van der Waals surface area contributed by atoms with Crippen molar-refractivity contribution in [1.29, 1.82) is 0 Å². The Balaban J connectivity index is 0.000000181. The number of benzene rings is 4. The van der Waals surface area contributed by atoms with E-state index in [1.807, 2.05) is 62.4 Å². The standard InChI is InChI=1S/C20H15FNS.C20H20NSi.Ir/c1-12(2)13-9-10-22-17(11-13)14-5-3-6-15-19-16(21)7-4-8-18(19)23-20(14)15;1-22(2,3)20-15-21-19(17-12-8-5-9-13-17)14-18(20)16-10-6-4-7-11-16;/h3-4,6-12H,1-2H3;4-12,14-15H,1-3H3;/q2*-1;/i12D;;. The molecule has 0 N–H and O–H groups in total. The normalized spacial score (nSPS) is 11.8. The van der Waals surface area contributed by atoms with Gasteiger partial charge in [0.1, 0.15) is 5.82 Å². The topological polar surface area (TPSA) is 25.8 Å². The molecule has 0 atom stereocenters. The van der Waals surface area contributed by atoms with Gasteiger partial charge in [0.05, 0.1) is 8.07 Å². The van der Waals surface area contributed by atoms with Gasteiger partial charge in [0.15, 0.2) is 0 Å². The van der Waals surface area contributed by atoms with E-state index in [9.17, 15) is 4.39 Å². The number of rotatable bonds is 5. The second-order valence-corrected chi connectivity index (χ2v) is 18.3. The maximum Gasteiger partial charge on any atom is 0.130 e. The number of hydrogen-bond acceptors (Lipinski definition) is 3. The second-order valence-electron chi connectivity index (χ2n) is 12.2. The van der Waals surface area contributed by atoms with Crippen LogP contribution >= 0.6 is 11.3 Å². The Labute approximate surface area is 291 Å². The van der Waals surface area contributed by atoms with Crippen LogP contribution in [0.4, 0.5) is 4.39 Å². The number of aromatic nitrogens is 2. The van der Waals surface area contributed by atoms with Crippen molar-refractivity contribution in [3.8, 4) is 33.6 Å². The van der Waals surface area contributed by atoms with Gasteiger partial charge in [-0.2, -0.15) is 11.3 Å². The van der Waals surface area contributed by atoms with Gasteiger partial charge < -0.3 is 9.97 Å². The van der Waals surface area contributed by atoms with Crippen LogP contribution in [0.1, 0.15) is 26.7 Å². The van der Waals surface area contributed by atoms with Crippen molar-refractivity contribution in [2.24, 2.45) is 0 Å². The average molecular weight is 816 g/mol. The molecule has 3 aromatic heterocycles. The quantitative estimate of drug-likeness (QED) is 0.128. The third kappa shape index (κ3) is 7.11. The first-order chi connectivity index (χ1) is 22.0. The zero-order valence-electron chi connectivity index (χ0n) is 27.5. The van der Waals surface area contributed by atoms with Crippen molar-refractivity contribution in [2.75, 3.05) is 0 Å². The van der Waals surface area contributed by atoms with Gasteiger partial charge in [-0.1, -0.05) is 93.0 Å². The van der Waals surface area contributed by atoms with Crippen molar-refractivity contribution in [2.45, 2.75) is 39.4 Å². The van der Waals surface area contributed by atoms with Crippen LogP contribution in [0.5, 0.6) is 0 Å². The number of halogens is 1. The van der Waals surface area contributed by atoms with Crippen LogP contribution in [0.3, 0.4) is 0 Å². The molecule has 0 saturated heterocycles. The zero-order valence-corrected chi connectivity index (χ0v) is 30.7. The molecule has 6 heteroatoms. The maximum absolute atomic E-state index is 14.3. The molecule has 0 bridgehead atoms. The first kappa shape index (κ1) is 32.1. The zero-order chi connectivity index (χ0) is 32.5. The van der Waals surface area contributed by atoms with Crippen LogP contribution in [-0.4, -0.2) is 18.0 Å². The minimum atomic E-state index is -1.46. The third-order valence-electron chi connectivity index (χ3n) is 7.78. The van der Waals surface area contributed by atoms with E-state index in [2.05, 4.69) is 85.4 Å². The summed E-state index contributed by atoms with van der Waals surface area (Å²) in [5, 5.41) is 2.95. The average Bonchev–Trinajstić information content (AvgIpc) is 3.45. The maximum atomic E-state index is 14.3. The summed E-state index contributed by atoms with van der Waals surface area (Å²) in [5.41, 5.74) is 7.12. The molecule has 4 aromatic carbocycles. The van der Waals surface area contributed by atoms with E-state index in [4.69, 9.17) is 6.35 Å². The molecule has 0 spiro atoms. The molecule has 7 aromatic rings. The first-order valence-corrected chi connectivity index (χ1v) is 19.3. The molecule has 2 nitrogen and oxygen atoms in total. The van der Waals surface area contributed by atoms with Crippen LogP contribution in [0.25, 0.3) is 53.8 Å². The van der Waals surface area contributed by atoms with Gasteiger partial charge in [-0.15, -0.1) is 59.7 Å². The van der Waals surface area contributed by atoms with Gasteiger partial charge in [-0.05, 0) is 56.5 Å². The Morgan fingerprint density at radius 3 is 2.33 bits per heavy atom. The number of nitrogens with zero attached hydrogens (tertiary/aromatic N) is 2. The Kier molecular flexibility index (Phi) is 10.0. The molecular formula is C40H35FIrN2SSi-2. The van der Waals surface area contributed by atoms with E-state index in [1.165, 1.54) is 22.4 Å². The third-order valence-corrected chi connectivity index (χ3v) is 11.0. The summed E-state index contributed by atoms with van der Waals surface area (Å²) in [6.45, 7) is 10.8.